The van der Waals surface area contributed by atoms with E-state index in [1.807, 2.05) is 6.07 Å². The molecule has 90 valence electrons. The Kier molecular flexibility index (Phi) is 4.02. The van der Waals surface area contributed by atoms with E-state index in [1.165, 1.54) is 6.42 Å². The number of hydrogen-bond acceptors (Lipinski definition) is 3. The first-order valence-corrected chi connectivity index (χ1v) is 6.45. The van der Waals surface area contributed by atoms with Gasteiger partial charge in [0.1, 0.15) is 5.82 Å². The average Bonchev–Trinajstić information content (AvgIpc) is 2.37. The van der Waals surface area contributed by atoms with Crippen LogP contribution in [0.4, 0.5) is 0 Å². The van der Waals surface area contributed by atoms with Gasteiger partial charge in [0.25, 0.3) is 0 Å². The van der Waals surface area contributed by atoms with Crippen molar-refractivity contribution >= 4 is 11.0 Å². The molecule has 0 aromatic carbocycles. The number of nitrogens with zero attached hydrogens (tertiary/aromatic N) is 3. The molecule has 2 aromatic heterocycles. The molecule has 0 fully saturated rings. The van der Waals surface area contributed by atoms with Crippen molar-refractivity contribution in [2.45, 2.75) is 46.0 Å². The Balaban J connectivity index is 2.43. The minimum atomic E-state index is 0.844. The number of hydrogen-bond donors (Lipinski definition) is 0. The molecule has 0 bridgehead atoms. The summed E-state index contributed by atoms with van der Waals surface area (Å²) in [7, 11) is 0. The van der Waals surface area contributed by atoms with E-state index in [4.69, 9.17) is 0 Å². The first kappa shape index (κ1) is 12.0. The van der Waals surface area contributed by atoms with E-state index in [9.17, 15) is 0 Å². The Morgan fingerprint density at radius 2 is 1.94 bits per heavy atom. The van der Waals surface area contributed by atoms with Crippen LogP contribution in [0.3, 0.4) is 0 Å². The lowest BCUT2D eigenvalue weighted by Crippen LogP contribution is -2.02. The first-order valence-electron chi connectivity index (χ1n) is 6.45. The van der Waals surface area contributed by atoms with E-state index in [0.717, 1.165) is 48.2 Å². The molecule has 0 aliphatic rings. The summed E-state index contributed by atoms with van der Waals surface area (Å²) >= 11 is 0. The van der Waals surface area contributed by atoms with Crippen LogP contribution in [0.2, 0.25) is 0 Å². The predicted molar refractivity (Wildman–Crippen MR) is 69.9 cm³/mol. The Morgan fingerprint density at radius 3 is 2.71 bits per heavy atom. The number of unbranched alkanes of at least 4 members (excludes halogenated alkanes) is 1. The van der Waals surface area contributed by atoms with Gasteiger partial charge in [0.2, 0.25) is 0 Å². The van der Waals surface area contributed by atoms with Crippen LogP contribution in [0.15, 0.2) is 18.3 Å². The molecule has 0 aliphatic carbocycles. The lowest BCUT2D eigenvalue weighted by Gasteiger charge is -2.06. The fourth-order valence-corrected chi connectivity index (χ4v) is 1.95. The molecule has 2 aromatic rings. The minimum absolute atomic E-state index is 0.844. The van der Waals surface area contributed by atoms with Crippen LogP contribution in [-0.4, -0.2) is 15.0 Å². The SMILES string of the molecule is CCCCc1nc(CCC)c2cccnc2n1. The quantitative estimate of drug-likeness (QED) is 0.789. The zero-order chi connectivity index (χ0) is 12.1. The Hall–Kier alpha value is -1.51. The number of fused-ring (bicyclic) bond motifs is 1. The lowest BCUT2D eigenvalue weighted by atomic mass is 10.1. The third-order valence-corrected chi connectivity index (χ3v) is 2.84. The standard InChI is InChI=1S/C14H19N3/c1-3-5-9-13-16-12(7-4-2)11-8-6-10-15-14(11)17-13/h6,8,10H,3-5,7,9H2,1-2H3. The second-order valence-electron chi connectivity index (χ2n) is 4.31. The molecule has 17 heavy (non-hydrogen) atoms. The van der Waals surface area contributed by atoms with E-state index < -0.39 is 0 Å². The molecule has 0 N–H and O–H groups in total. The van der Waals surface area contributed by atoms with Crippen molar-refractivity contribution in [3.05, 3.63) is 29.8 Å². The summed E-state index contributed by atoms with van der Waals surface area (Å²) in [4.78, 5) is 13.6. The van der Waals surface area contributed by atoms with Gasteiger partial charge in [-0.2, -0.15) is 0 Å². The van der Waals surface area contributed by atoms with Gasteiger partial charge < -0.3 is 0 Å². The molecule has 0 radical (unpaired) electrons. The Labute approximate surface area is 102 Å². The van der Waals surface area contributed by atoms with Crippen molar-refractivity contribution < 1.29 is 0 Å². The molecule has 0 unspecified atom stereocenters. The fourth-order valence-electron chi connectivity index (χ4n) is 1.95. The van der Waals surface area contributed by atoms with E-state index >= 15 is 0 Å². The Morgan fingerprint density at radius 1 is 1.06 bits per heavy atom. The average molecular weight is 229 g/mol. The van der Waals surface area contributed by atoms with Gasteiger partial charge in [-0.15, -0.1) is 0 Å². The van der Waals surface area contributed by atoms with Gasteiger partial charge in [-0.05, 0) is 25.0 Å². The molecular weight excluding hydrogens is 210 g/mol. The van der Waals surface area contributed by atoms with E-state index in [0.29, 0.717) is 0 Å². The highest BCUT2D eigenvalue weighted by Gasteiger charge is 2.07. The third-order valence-electron chi connectivity index (χ3n) is 2.84. The predicted octanol–water partition coefficient (Wildman–Crippen LogP) is 3.32. The molecule has 3 nitrogen and oxygen atoms in total. The summed E-state index contributed by atoms with van der Waals surface area (Å²) < 4.78 is 0. The van der Waals surface area contributed by atoms with E-state index in [1.54, 1.807) is 6.20 Å². The smallest absolute Gasteiger partial charge is 0.163 e. The number of aromatic nitrogens is 3. The summed E-state index contributed by atoms with van der Waals surface area (Å²) in [6.07, 6.45) is 7.18. The molecule has 0 atom stereocenters. The molecule has 0 spiro atoms. The maximum atomic E-state index is 4.68. The van der Waals surface area contributed by atoms with Gasteiger partial charge in [-0.3, -0.25) is 0 Å². The van der Waals surface area contributed by atoms with Gasteiger partial charge in [0.05, 0.1) is 5.69 Å². The Bertz CT molecular complexity index is 494. The molecule has 2 heterocycles. The zero-order valence-corrected chi connectivity index (χ0v) is 10.6. The second-order valence-corrected chi connectivity index (χ2v) is 4.31. The normalized spacial score (nSPS) is 10.9. The topological polar surface area (TPSA) is 38.7 Å². The summed E-state index contributed by atoms with van der Waals surface area (Å²) in [6.45, 7) is 4.36. The van der Waals surface area contributed by atoms with Gasteiger partial charge in [0.15, 0.2) is 5.65 Å². The molecule has 3 heteroatoms. The minimum Gasteiger partial charge on any atom is -0.237 e. The van der Waals surface area contributed by atoms with Gasteiger partial charge in [-0.25, -0.2) is 15.0 Å². The second kappa shape index (κ2) is 5.71. The summed E-state index contributed by atoms with van der Waals surface area (Å²) in [5.41, 5.74) is 1.99. The monoisotopic (exact) mass is 229 g/mol. The van der Waals surface area contributed by atoms with Crippen molar-refractivity contribution in [3.63, 3.8) is 0 Å². The zero-order valence-electron chi connectivity index (χ0n) is 10.6. The molecule has 0 amide bonds. The van der Waals surface area contributed by atoms with Crippen molar-refractivity contribution in [3.8, 4) is 0 Å². The molecule has 0 saturated carbocycles. The number of pyridine rings is 1. The largest absolute Gasteiger partial charge is 0.237 e. The van der Waals surface area contributed by atoms with Crippen molar-refractivity contribution in [2.24, 2.45) is 0 Å². The van der Waals surface area contributed by atoms with Crippen LogP contribution in [0, 0.1) is 0 Å². The molecular formula is C14H19N3. The van der Waals surface area contributed by atoms with Crippen LogP contribution in [-0.2, 0) is 12.8 Å². The maximum absolute atomic E-state index is 4.68. The highest BCUT2D eigenvalue weighted by molar-refractivity contribution is 5.76. The molecule has 0 saturated heterocycles. The van der Waals surface area contributed by atoms with Crippen LogP contribution < -0.4 is 0 Å². The van der Waals surface area contributed by atoms with Crippen LogP contribution in [0.25, 0.3) is 11.0 Å². The fraction of sp³-hybridized carbons (Fsp3) is 0.500. The summed E-state index contributed by atoms with van der Waals surface area (Å²) in [5, 5.41) is 1.11. The highest BCUT2D eigenvalue weighted by Crippen LogP contribution is 2.15. The van der Waals surface area contributed by atoms with Crippen LogP contribution in [0.5, 0.6) is 0 Å². The summed E-state index contributed by atoms with van der Waals surface area (Å²) in [5.74, 6) is 0.946. The maximum Gasteiger partial charge on any atom is 0.163 e. The van der Waals surface area contributed by atoms with Gasteiger partial charge >= 0.3 is 0 Å². The van der Waals surface area contributed by atoms with Crippen molar-refractivity contribution in [1.82, 2.24) is 15.0 Å². The first-order chi connectivity index (χ1) is 8.35. The van der Waals surface area contributed by atoms with E-state index in [2.05, 4.69) is 34.9 Å². The number of rotatable bonds is 5. The van der Waals surface area contributed by atoms with Gasteiger partial charge in [0, 0.05) is 18.0 Å². The van der Waals surface area contributed by atoms with Gasteiger partial charge in [-0.1, -0.05) is 26.7 Å². The van der Waals surface area contributed by atoms with Crippen LogP contribution >= 0.6 is 0 Å². The molecule has 0 aliphatic heterocycles. The summed E-state index contributed by atoms with van der Waals surface area (Å²) in [6, 6.07) is 4.02. The molecule has 2 rings (SSSR count). The number of aryl methyl sites for hydroxylation is 2. The third kappa shape index (κ3) is 2.78. The van der Waals surface area contributed by atoms with E-state index in [-0.39, 0.29) is 0 Å². The van der Waals surface area contributed by atoms with Crippen molar-refractivity contribution in [2.75, 3.05) is 0 Å². The van der Waals surface area contributed by atoms with Crippen LogP contribution in [0.1, 0.15) is 44.6 Å². The highest BCUT2D eigenvalue weighted by atomic mass is 14.9. The van der Waals surface area contributed by atoms with Crippen molar-refractivity contribution in [1.29, 1.82) is 0 Å². The lowest BCUT2D eigenvalue weighted by molar-refractivity contribution is 0.744.